The Morgan fingerprint density at radius 1 is 1.50 bits per heavy atom. The lowest BCUT2D eigenvalue weighted by Crippen LogP contribution is -1.63. The number of hydrogen-bond donors (Lipinski definition) is 0. The van der Waals surface area contributed by atoms with E-state index in [1.54, 1.807) is 0 Å². The Kier molecular flexibility index (Phi) is 21.0. The molecule has 0 aromatic rings. The number of alkyl halides is 1. The minimum absolute atomic E-state index is 0.111. The molecule has 0 saturated carbocycles. The molecule has 0 fully saturated rings. The number of aldehydes is 2. The van der Waals surface area contributed by atoms with Crippen molar-refractivity contribution in [1.29, 1.82) is 0 Å². The smallest absolute Gasteiger partial charge is 0.142 e. The summed E-state index contributed by atoms with van der Waals surface area (Å²) in [5.41, 5.74) is 0. The van der Waals surface area contributed by atoms with Crippen LogP contribution in [0.1, 0.15) is 0 Å². The highest BCUT2D eigenvalue weighted by Gasteiger charge is 1.55. The summed E-state index contributed by atoms with van der Waals surface area (Å²) in [4.78, 5) is 18.1. The van der Waals surface area contributed by atoms with Crippen molar-refractivity contribution in [3.05, 3.63) is 12.7 Å². The molecule has 0 N–H and O–H groups in total. The van der Waals surface area contributed by atoms with Crippen LogP contribution in [-0.2, 0) is 9.59 Å². The highest BCUT2D eigenvalue weighted by Crippen LogP contribution is 1.57. The van der Waals surface area contributed by atoms with Gasteiger partial charge in [-0.15, -0.1) is 11.6 Å². The van der Waals surface area contributed by atoms with Crippen molar-refractivity contribution in [2.45, 2.75) is 0 Å². The van der Waals surface area contributed by atoms with Crippen LogP contribution in [-0.4, -0.2) is 18.5 Å². The second-order valence-electron chi connectivity index (χ2n) is 0.693. The third kappa shape index (κ3) is 54.6. The van der Waals surface area contributed by atoms with Gasteiger partial charge in [-0.3, -0.25) is 4.79 Å². The molecule has 0 amide bonds. The first-order valence-corrected chi connectivity index (χ1v) is 2.42. The minimum Gasteiger partial charge on any atom is -0.302 e. The van der Waals surface area contributed by atoms with Gasteiger partial charge in [0.05, 0.1) is 5.88 Å². The molecule has 0 heterocycles. The van der Waals surface area contributed by atoms with Crippen LogP contribution in [0.25, 0.3) is 0 Å². The summed E-state index contributed by atoms with van der Waals surface area (Å²) >= 11 is 4.82. The molecule has 0 saturated heterocycles. The summed E-state index contributed by atoms with van der Waals surface area (Å²) in [6.45, 7) is 3.11. The molecule has 0 aliphatic rings. The third-order valence-corrected chi connectivity index (χ3v) is 0.285. The van der Waals surface area contributed by atoms with E-state index in [0.717, 1.165) is 0 Å². The first kappa shape index (κ1) is 10.4. The lowest BCUT2D eigenvalue weighted by Gasteiger charge is -1.49. The number of carbonyl (C=O) groups is 2. The zero-order chi connectivity index (χ0) is 6.83. The Morgan fingerprint density at radius 3 is 1.75 bits per heavy atom. The van der Waals surface area contributed by atoms with Crippen LogP contribution >= 0.6 is 11.6 Å². The van der Waals surface area contributed by atoms with Crippen molar-refractivity contribution in [2.75, 3.05) is 5.88 Å². The van der Waals surface area contributed by atoms with Gasteiger partial charge in [0, 0.05) is 0 Å². The van der Waals surface area contributed by atoms with Crippen molar-refractivity contribution >= 4 is 24.2 Å². The summed E-state index contributed by atoms with van der Waals surface area (Å²) in [5.74, 6) is 0.111. The van der Waals surface area contributed by atoms with Gasteiger partial charge in [-0.05, 0) is 6.08 Å². The molecule has 0 unspecified atom stereocenters. The molecule has 0 spiro atoms. The Bertz CT molecular complexity index is 64.8. The quantitative estimate of drug-likeness (QED) is 0.318. The SMILES string of the molecule is C=CC=O.O=CCCl. The van der Waals surface area contributed by atoms with E-state index in [2.05, 4.69) is 6.58 Å². The van der Waals surface area contributed by atoms with Crippen LogP contribution < -0.4 is 0 Å². The average Bonchev–Trinajstić information content (AvgIpc) is 1.88. The number of rotatable bonds is 2. The Hall–Kier alpha value is -0.630. The molecule has 0 rings (SSSR count). The van der Waals surface area contributed by atoms with E-state index in [9.17, 15) is 0 Å². The van der Waals surface area contributed by atoms with Crippen LogP contribution in [0, 0.1) is 0 Å². The summed E-state index contributed by atoms with van der Waals surface area (Å²) < 4.78 is 0. The number of halogens is 1. The van der Waals surface area contributed by atoms with Gasteiger partial charge in [0.1, 0.15) is 12.6 Å². The van der Waals surface area contributed by atoms with Gasteiger partial charge in [-0.1, -0.05) is 6.58 Å². The molecule has 0 bridgehead atoms. The van der Waals surface area contributed by atoms with Gasteiger partial charge in [0.15, 0.2) is 0 Å². The fourth-order valence-corrected chi connectivity index (χ4v) is 0. The molecule has 8 heavy (non-hydrogen) atoms. The van der Waals surface area contributed by atoms with E-state index >= 15 is 0 Å². The molecule has 0 aromatic carbocycles. The van der Waals surface area contributed by atoms with Crippen LogP contribution in [0.3, 0.4) is 0 Å². The van der Waals surface area contributed by atoms with Gasteiger partial charge in [0.2, 0.25) is 0 Å². The normalized spacial score (nSPS) is 5.62. The molecule has 0 aliphatic carbocycles. The first-order chi connectivity index (χ1) is 3.83. The van der Waals surface area contributed by atoms with E-state index in [-0.39, 0.29) is 5.88 Å². The maximum atomic E-state index is 9.06. The van der Waals surface area contributed by atoms with Crippen LogP contribution in [0.5, 0.6) is 0 Å². The molecule has 0 atom stereocenters. The predicted molar refractivity (Wildman–Crippen MR) is 33.0 cm³/mol. The maximum Gasteiger partial charge on any atom is 0.142 e. The van der Waals surface area contributed by atoms with E-state index in [0.29, 0.717) is 12.6 Å². The summed E-state index contributed by atoms with van der Waals surface area (Å²) in [5, 5.41) is 0. The van der Waals surface area contributed by atoms with Crippen molar-refractivity contribution in [1.82, 2.24) is 0 Å². The standard InChI is InChI=1S/C3H4O.C2H3ClO/c1-2-3-4;3-1-2-4/h2-3H,1H2;2H,1H2. The van der Waals surface area contributed by atoms with Crippen LogP contribution in [0.2, 0.25) is 0 Å². The topological polar surface area (TPSA) is 34.1 Å². The minimum atomic E-state index is 0.111. The van der Waals surface area contributed by atoms with E-state index in [1.165, 1.54) is 6.08 Å². The fourth-order valence-electron chi connectivity index (χ4n) is 0. The monoisotopic (exact) mass is 134 g/mol. The largest absolute Gasteiger partial charge is 0.302 e. The summed E-state index contributed by atoms with van der Waals surface area (Å²) in [6, 6.07) is 0. The second kappa shape index (κ2) is 16.2. The Labute approximate surface area is 53.1 Å². The van der Waals surface area contributed by atoms with Crippen LogP contribution in [0.4, 0.5) is 0 Å². The van der Waals surface area contributed by atoms with Gasteiger partial charge >= 0.3 is 0 Å². The Morgan fingerprint density at radius 2 is 1.75 bits per heavy atom. The van der Waals surface area contributed by atoms with Crippen LogP contribution in [0.15, 0.2) is 12.7 Å². The summed E-state index contributed by atoms with van der Waals surface area (Å²) in [7, 11) is 0. The highest BCUT2D eigenvalue weighted by atomic mass is 35.5. The zero-order valence-electron chi connectivity index (χ0n) is 4.34. The Balaban J connectivity index is 0. The van der Waals surface area contributed by atoms with Gasteiger partial charge in [-0.25, -0.2) is 0 Å². The summed E-state index contributed by atoms with van der Waals surface area (Å²) in [6.07, 6.45) is 2.47. The number of hydrogen-bond acceptors (Lipinski definition) is 2. The maximum absolute atomic E-state index is 9.06. The third-order valence-electron chi connectivity index (χ3n) is 0.159. The van der Waals surface area contributed by atoms with Crippen molar-refractivity contribution < 1.29 is 9.59 Å². The lowest BCUT2D eigenvalue weighted by molar-refractivity contribution is -0.106. The number of carbonyl (C=O) groups excluding carboxylic acids is 2. The van der Waals surface area contributed by atoms with E-state index in [4.69, 9.17) is 21.2 Å². The highest BCUT2D eigenvalue weighted by molar-refractivity contribution is 6.24. The molecular weight excluding hydrogens is 128 g/mol. The molecular formula is C5H7ClO2. The first-order valence-electron chi connectivity index (χ1n) is 1.89. The van der Waals surface area contributed by atoms with Crippen molar-refractivity contribution in [2.24, 2.45) is 0 Å². The average molecular weight is 135 g/mol. The molecule has 0 aliphatic heterocycles. The van der Waals surface area contributed by atoms with E-state index in [1.807, 2.05) is 0 Å². The predicted octanol–water partition coefficient (Wildman–Crippen LogP) is 0.795. The fraction of sp³-hybridized carbons (Fsp3) is 0.200. The van der Waals surface area contributed by atoms with Gasteiger partial charge < -0.3 is 4.79 Å². The van der Waals surface area contributed by atoms with Gasteiger partial charge in [-0.2, -0.15) is 0 Å². The number of allylic oxidation sites excluding steroid dienone is 1. The zero-order valence-corrected chi connectivity index (χ0v) is 5.10. The molecule has 46 valence electrons. The van der Waals surface area contributed by atoms with E-state index < -0.39 is 0 Å². The molecule has 0 radical (unpaired) electrons. The lowest BCUT2D eigenvalue weighted by atomic mass is 10.8. The van der Waals surface area contributed by atoms with Crippen molar-refractivity contribution in [3.63, 3.8) is 0 Å². The van der Waals surface area contributed by atoms with Gasteiger partial charge in [0.25, 0.3) is 0 Å². The van der Waals surface area contributed by atoms with Crippen molar-refractivity contribution in [3.8, 4) is 0 Å². The molecule has 3 heteroatoms. The molecule has 2 nitrogen and oxygen atoms in total. The molecule has 0 aromatic heterocycles. The second-order valence-corrected chi connectivity index (χ2v) is 1.00.